The molecule has 10 heteroatoms. The van der Waals surface area contributed by atoms with E-state index in [1.54, 1.807) is 31.2 Å². The van der Waals surface area contributed by atoms with E-state index < -0.39 is 26.0 Å². The summed E-state index contributed by atoms with van der Waals surface area (Å²) in [4.78, 5) is 12.7. The Labute approximate surface area is 164 Å². The third-order valence-corrected chi connectivity index (χ3v) is 6.21. The number of anilines is 2. The SMILES string of the molecule is Cc1ccc(S(=O)(=O)NC2CC2)cc1C(=O)Nc1cccc(NS(C)(=O)=O)c1. The number of carbonyl (C=O) groups excluding carboxylic acids is 1. The van der Waals surface area contributed by atoms with E-state index >= 15 is 0 Å². The number of carbonyl (C=O) groups is 1. The molecule has 2 aromatic carbocycles. The van der Waals surface area contributed by atoms with Gasteiger partial charge in [0.25, 0.3) is 5.91 Å². The highest BCUT2D eigenvalue weighted by Gasteiger charge is 2.28. The lowest BCUT2D eigenvalue weighted by Crippen LogP contribution is -2.26. The van der Waals surface area contributed by atoms with Crippen molar-refractivity contribution in [1.29, 1.82) is 0 Å². The van der Waals surface area contributed by atoms with Crippen molar-refractivity contribution in [3.63, 3.8) is 0 Å². The van der Waals surface area contributed by atoms with Crippen LogP contribution in [0.1, 0.15) is 28.8 Å². The number of hydrogen-bond acceptors (Lipinski definition) is 5. The fraction of sp³-hybridized carbons (Fsp3) is 0.278. The van der Waals surface area contributed by atoms with Gasteiger partial charge < -0.3 is 5.32 Å². The molecule has 2 aromatic rings. The molecular formula is C18H21N3O5S2. The molecule has 28 heavy (non-hydrogen) atoms. The minimum absolute atomic E-state index is 0.0302. The van der Waals surface area contributed by atoms with Gasteiger partial charge in [-0.05, 0) is 55.7 Å². The second-order valence-corrected chi connectivity index (χ2v) is 10.2. The highest BCUT2D eigenvalue weighted by molar-refractivity contribution is 7.92. The molecule has 3 rings (SSSR count). The molecule has 0 atom stereocenters. The summed E-state index contributed by atoms with van der Waals surface area (Å²) in [5.74, 6) is -0.488. The van der Waals surface area contributed by atoms with Crippen molar-refractivity contribution in [2.75, 3.05) is 16.3 Å². The van der Waals surface area contributed by atoms with Gasteiger partial charge in [0.2, 0.25) is 20.0 Å². The number of amides is 1. The van der Waals surface area contributed by atoms with Gasteiger partial charge >= 0.3 is 0 Å². The normalized spacial score (nSPS) is 14.5. The Morgan fingerprint density at radius 2 is 1.68 bits per heavy atom. The van der Waals surface area contributed by atoms with E-state index in [-0.39, 0.29) is 16.5 Å². The minimum Gasteiger partial charge on any atom is -0.322 e. The lowest BCUT2D eigenvalue weighted by atomic mass is 10.1. The molecule has 3 N–H and O–H groups in total. The Morgan fingerprint density at radius 1 is 1.00 bits per heavy atom. The molecule has 0 aromatic heterocycles. The predicted octanol–water partition coefficient (Wildman–Crippen LogP) is 2.06. The van der Waals surface area contributed by atoms with E-state index in [0.29, 0.717) is 16.9 Å². The number of hydrogen-bond donors (Lipinski definition) is 3. The Hall–Kier alpha value is -2.43. The molecule has 0 bridgehead atoms. The molecular weight excluding hydrogens is 402 g/mol. The number of aryl methyl sites for hydroxylation is 1. The summed E-state index contributed by atoms with van der Waals surface area (Å²) in [7, 11) is -7.12. The van der Waals surface area contributed by atoms with E-state index in [2.05, 4.69) is 14.8 Å². The van der Waals surface area contributed by atoms with Crippen LogP contribution in [-0.4, -0.2) is 35.0 Å². The molecule has 150 valence electrons. The van der Waals surface area contributed by atoms with Crippen LogP contribution in [0.25, 0.3) is 0 Å². The van der Waals surface area contributed by atoms with Gasteiger partial charge in [-0.3, -0.25) is 9.52 Å². The van der Waals surface area contributed by atoms with Gasteiger partial charge in [-0.1, -0.05) is 12.1 Å². The lowest BCUT2D eigenvalue weighted by Gasteiger charge is -2.12. The van der Waals surface area contributed by atoms with Gasteiger partial charge in [0.05, 0.1) is 16.8 Å². The summed E-state index contributed by atoms with van der Waals surface area (Å²) in [6.07, 6.45) is 2.66. The standard InChI is InChI=1S/C18H21N3O5S2/c1-12-6-9-16(28(25,26)21-13-7-8-13)11-17(12)18(22)19-14-4-3-5-15(10-14)20-27(2,23)24/h3-6,9-11,13,20-21H,7-8H2,1-2H3,(H,19,22). The molecule has 0 saturated heterocycles. The van der Waals surface area contributed by atoms with Gasteiger partial charge in [0.15, 0.2) is 0 Å². The average Bonchev–Trinajstić information content (AvgIpc) is 3.37. The van der Waals surface area contributed by atoms with Crippen LogP contribution >= 0.6 is 0 Å². The van der Waals surface area contributed by atoms with Crippen molar-refractivity contribution in [1.82, 2.24) is 4.72 Å². The highest BCUT2D eigenvalue weighted by Crippen LogP contribution is 2.24. The Balaban J connectivity index is 1.83. The summed E-state index contributed by atoms with van der Waals surface area (Å²) < 4.78 is 52.4. The third kappa shape index (κ3) is 5.31. The van der Waals surface area contributed by atoms with Crippen LogP contribution in [-0.2, 0) is 20.0 Å². The molecule has 1 amide bonds. The van der Waals surface area contributed by atoms with E-state index in [1.165, 1.54) is 18.2 Å². The summed E-state index contributed by atoms with van der Waals surface area (Å²) in [6, 6.07) is 10.6. The van der Waals surface area contributed by atoms with Crippen LogP contribution < -0.4 is 14.8 Å². The zero-order valence-corrected chi connectivity index (χ0v) is 17.0. The Kier molecular flexibility index (Phi) is 5.46. The van der Waals surface area contributed by atoms with Gasteiger partial charge in [0, 0.05) is 17.3 Å². The topological polar surface area (TPSA) is 121 Å². The average molecular weight is 424 g/mol. The smallest absolute Gasteiger partial charge is 0.255 e. The second-order valence-electron chi connectivity index (χ2n) is 6.78. The first-order valence-corrected chi connectivity index (χ1v) is 11.9. The van der Waals surface area contributed by atoms with E-state index in [9.17, 15) is 21.6 Å². The first-order valence-electron chi connectivity index (χ1n) is 8.56. The summed E-state index contributed by atoms with van der Waals surface area (Å²) in [5, 5.41) is 2.67. The fourth-order valence-corrected chi connectivity index (χ4v) is 4.46. The highest BCUT2D eigenvalue weighted by atomic mass is 32.2. The quantitative estimate of drug-likeness (QED) is 0.629. The van der Waals surface area contributed by atoms with E-state index in [0.717, 1.165) is 19.1 Å². The van der Waals surface area contributed by atoms with Gasteiger partial charge in [-0.25, -0.2) is 21.6 Å². The molecule has 0 aliphatic heterocycles. The van der Waals surface area contributed by atoms with Crippen molar-refractivity contribution < 1.29 is 21.6 Å². The maximum atomic E-state index is 12.7. The molecule has 1 saturated carbocycles. The number of rotatable bonds is 7. The molecule has 0 heterocycles. The van der Waals surface area contributed by atoms with Crippen molar-refractivity contribution in [2.45, 2.75) is 30.7 Å². The van der Waals surface area contributed by atoms with Crippen LogP contribution in [0, 0.1) is 6.92 Å². The molecule has 1 aliphatic carbocycles. The Morgan fingerprint density at radius 3 is 2.32 bits per heavy atom. The summed E-state index contributed by atoms with van der Waals surface area (Å²) >= 11 is 0. The number of nitrogens with one attached hydrogen (secondary N) is 3. The van der Waals surface area contributed by atoms with Gasteiger partial charge in [0.1, 0.15) is 0 Å². The zero-order valence-electron chi connectivity index (χ0n) is 15.4. The van der Waals surface area contributed by atoms with Crippen LogP contribution in [0.4, 0.5) is 11.4 Å². The number of benzene rings is 2. The molecule has 0 radical (unpaired) electrons. The molecule has 8 nitrogen and oxygen atoms in total. The lowest BCUT2D eigenvalue weighted by molar-refractivity contribution is 0.102. The maximum absolute atomic E-state index is 12.7. The van der Waals surface area contributed by atoms with Gasteiger partial charge in [-0.2, -0.15) is 0 Å². The maximum Gasteiger partial charge on any atom is 0.255 e. The second kappa shape index (κ2) is 7.53. The van der Waals surface area contributed by atoms with Crippen LogP contribution in [0.2, 0.25) is 0 Å². The third-order valence-electron chi connectivity index (χ3n) is 4.09. The molecule has 1 fully saturated rings. The van der Waals surface area contributed by atoms with E-state index in [1.807, 2.05) is 0 Å². The van der Waals surface area contributed by atoms with Crippen molar-refractivity contribution in [2.24, 2.45) is 0 Å². The van der Waals surface area contributed by atoms with Crippen LogP contribution in [0.5, 0.6) is 0 Å². The first kappa shape index (κ1) is 20.3. The summed E-state index contributed by atoms with van der Waals surface area (Å²) in [6.45, 7) is 1.71. The van der Waals surface area contributed by atoms with Crippen molar-refractivity contribution >= 4 is 37.3 Å². The molecule has 0 spiro atoms. The zero-order chi connectivity index (χ0) is 20.5. The number of sulfonamides is 2. The molecule has 0 unspecified atom stereocenters. The minimum atomic E-state index is -3.68. The summed E-state index contributed by atoms with van der Waals surface area (Å²) in [5.41, 5.74) is 1.53. The largest absolute Gasteiger partial charge is 0.322 e. The molecule has 1 aliphatic rings. The first-order chi connectivity index (χ1) is 13.0. The van der Waals surface area contributed by atoms with Crippen LogP contribution in [0.3, 0.4) is 0 Å². The Bertz CT molecular complexity index is 1120. The monoisotopic (exact) mass is 423 g/mol. The van der Waals surface area contributed by atoms with E-state index in [4.69, 9.17) is 0 Å². The van der Waals surface area contributed by atoms with Gasteiger partial charge in [-0.15, -0.1) is 0 Å². The van der Waals surface area contributed by atoms with Crippen LogP contribution in [0.15, 0.2) is 47.4 Å². The fourth-order valence-electron chi connectivity index (χ4n) is 2.57. The predicted molar refractivity (Wildman–Crippen MR) is 107 cm³/mol. The van der Waals surface area contributed by atoms with Crippen molar-refractivity contribution in [3.05, 3.63) is 53.6 Å². The van der Waals surface area contributed by atoms with Crippen molar-refractivity contribution in [3.8, 4) is 0 Å².